The van der Waals surface area contributed by atoms with Crippen molar-refractivity contribution in [2.75, 3.05) is 11.9 Å². The molecule has 180 valence electrons. The molecule has 0 unspecified atom stereocenters. The Balaban J connectivity index is 1.72. The summed E-state index contributed by atoms with van der Waals surface area (Å²) >= 11 is 6.13. The fraction of sp³-hybridized carbons (Fsp3) is 0.571. The van der Waals surface area contributed by atoms with Gasteiger partial charge in [0.1, 0.15) is 5.82 Å². The molecule has 0 spiro atoms. The summed E-state index contributed by atoms with van der Waals surface area (Å²) in [6.07, 6.45) is 12.0. The van der Waals surface area contributed by atoms with Crippen LogP contribution in [0.2, 0.25) is 5.02 Å². The quantitative estimate of drug-likeness (QED) is 0.270. The molecular weight excluding hydrogens is 428 g/mol. The van der Waals surface area contributed by atoms with Gasteiger partial charge in [0.25, 0.3) is 0 Å². The molecule has 2 heterocycles. The number of nitrogens with one attached hydrogen (secondary N) is 1. The maximum Gasteiger partial charge on any atom is 0.165 e. The van der Waals surface area contributed by atoms with E-state index in [1.165, 1.54) is 57.8 Å². The summed E-state index contributed by atoms with van der Waals surface area (Å²) in [5, 5.41) is 9.25. The summed E-state index contributed by atoms with van der Waals surface area (Å²) in [4.78, 5) is 5.05. The van der Waals surface area contributed by atoms with Crippen molar-refractivity contribution in [1.82, 2.24) is 14.6 Å². The highest BCUT2D eigenvalue weighted by Crippen LogP contribution is 2.32. The molecule has 1 aromatic carbocycles. The van der Waals surface area contributed by atoms with Gasteiger partial charge in [-0.1, -0.05) is 103 Å². The van der Waals surface area contributed by atoms with Crippen LogP contribution < -0.4 is 5.32 Å². The molecule has 5 heteroatoms. The molecule has 0 fully saturated rings. The number of nitrogens with zero attached hydrogens (tertiary/aromatic N) is 3. The first-order valence-corrected chi connectivity index (χ1v) is 13.1. The lowest BCUT2D eigenvalue weighted by molar-refractivity contribution is 0.566. The highest BCUT2D eigenvalue weighted by Gasteiger charge is 2.22. The van der Waals surface area contributed by atoms with Crippen molar-refractivity contribution >= 4 is 23.1 Å². The van der Waals surface area contributed by atoms with Gasteiger partial charge in [0, 0.05) is 28.6 Å². The van der Waals surface area contributed by atoms with Gasteiger partial charge in [-0.05, 0) is 31.0 Å². The van der Waals surface area contributed by atoms with Crippen molar-refractivity contribution in [2.45, 2.75) is 97.8 Å². The zero-order valence-electron chi connectivity index (χ0n) is 21.2. The molecule has 3 aromatic rings. The number of hydrogen-bond acceptors (Lipinski definition) is 3. The fourth-order valence-corrected chi connectivity index (χ4v) is 4.37. The zero-order valence-corrected chi connectivity index (χ0v) is 21.9. The highest BCUT2D eigenvalue weighted by atomic mass is 35.5. The van der Waals surface area contributed by atoms with E-state index in [1.807, 2.05) is 28.8 Å². The van der Waals surface area contributed by atoms with Crippen LogP contribution in [0.4, 0.5) is 5.82 Å². The van der Waals surface area contributed by atoms with Crippen LogP contribution in [0.5, 0.6) is 0 Å². The topological polar surface area (TPSA) is 42.2 Å². The summed E-state index contributed by atoms with van der Waals surface area (Å²) in [6, 6.07) is 10.1. The van der Waals surface area contributed by atoms with E-state index in [-0.39, 0.29) is 5.41 Å². The van der Waals surface area contributed by atoms with Crippen LogP contribution >= 0.6 is 11.6 Å². The third-order valence-electron chi connectivity index (χ3n) is 6.25. The molecule has 0 atom stereocenters. The number of aryl methyl sites for hydroxylation is 1. The second-order valence-electron chi connectivity index (χ2n) is 10.2. The third-order valence-corrected chi connectivity index (χ3v) is 6.50. The summed E-state index contributed by atoms with van der Waals surface area (Å²) < 4.78 is 1.97. The summed E-state index contributed by atoms with van der Waals surface area (Å²) in [5.74, 6) is 1.02. The van der Waals surface area contributed by atoms with Crippen molar-refractivity contribution in [2.24, 2.45) is 0 Å². The standard InChI is InChI=1S/C28H41ClN4/c1-6-7-8-9-10-11-12-13-14-19-30-25-20-24(28(3,4)5)31-27-26(21(2)32-33(25)27)22-15-17-23(29)18-16-22/h15-18,20,30H,6-14,19H2,1-5H3. The van der Waals surface area contributed by atoms with Gasteiger partial charge in [-0.25, -0.2) is 4.98 Å². The first-order chi connectivity index (χ1) is 15.8. The molecule has 0 bridgehead atoms. The molecule has 2 aromatic heterocycles. The summed E-state index contributed by atoms with van der Waals surface area (Å²) in [6.45, 7) is 11.9. The van der Waals surface area contributed by atoms with Crippen LogP contribution in [-0.2, 0) is 5.41 Å². The minimum absolute atomic E-state index is 0.0502. The Labute approximate surface area is 205 Å². The lowest BCUT2D eigenvalue weighted by atomic mass is 9.92. The molecule has 1 N–H and O–H groups in total. The molecule has 0 saturated carbocycles. The van der Waals surface area contributed by atoms with E-state index in [9.17, 15) is 0 Å². The van der Waals surface area contributed by atoms with Gasteiger partial charge in [0.15, 0.2) is 5.65 Å². The van der Waals surface area contributed by atoms with Crippen LogP contribution in [0.1, 0.15) is 96.9 Å². The highest BCUT2D eigenvalue weighted by molar-refractivity contribution is 6.30. The minimum Gasteiger partial charge on any atom is -0.370 e. The number of hydrogen-bond donors (Lipinski definition) is 1. The van der Waals surface area contributed by atoms with Crippen LogP contribution in [0.15, 0.2) is 30.3 Å². The van der Waals surface area contributed by atoms with E-state index in [4.69, 9.17) is 21.7 Å². The van der Waals surface area contributed by atoms with Gasteiger partial charge < -0.3 is 5.32 Å². The Morgan fingerprint density at radius 1 is 0.909 bits per heavy atom. The zero-order chi connectivity index (χ0) is 23.8. The Kier molecular flexibility index (Phi) is 9.19. The molecule has 0 amide bonds. The second kappa shape index (κ2) is 11.9. The van der Waals surface area contributed by atoms with Gasteiger partial charge in [-0.15, -0.1) is 0 Å². The first-order valence-electron chi connectivity index (χ1n) is 12.7. The SMILES string of the molecule is CCCCCCCCCCCNc1cc(C(C)(C)C)nc2c(-c3ccc(Cl)cc3)c(C)nn12. The molecule has 3 rings (SSSR count). The van der Waals surface area contributed by atoms with Crippen molar-refractivity contribution in [1.29, 1.82) is 0 Å². The maximum absolute atomic E-state index is 6.13. The first kappa shape index (κ1) is 25.6. The molecule has 0 radical (unpaired) electrons. The normalized spacial score (nSPS) is 11.9. The Bertz CT molecular complexity index is 1020. The minimum atomic E-state index is -0.0502. The lowest BCUT2D eigenvalue weighted by Crippen LogP contribution is -2.17. The molecule has 0 aliphatic heterocycles. The summed E-state index contributed by atoms with van der Waals surface area (Å²) in [7, 11) is 0. The molecular formula is C28H41ClN4. The van der Waals surface area contributed by atoms with E-state index >= 15 is 0 Å². The maximum atomic E-state index is 6.13. The number of anilines is 1. The average molecular weight is 469 g/mol. The largest absolute Gasteiger partial charge is 0.370 e. The van der Waals surface area contributed by atoms with Crippen LogP contribution in [-0.4, -0.2) is 21.1 Å². The molecule has 33 heavy (non-hydrogen) atoms. The van der Waals surface area contributed by atoms with Crippen molar-refractivity contribution in [3.05, 3.63) is 46.7 Å². The van der Waals surface area contributed by atoms with E-state index in [0.29, 0.717) is 0 Å². The third kappa shape index (κ3) is 6.96. The number of rotatable bonds is 12. The van der Waals surface area contributed by atoms with E-state index < -0.39 is 0 Å². The average Bonchev–Trinajstić information content (AvgIpc) is 3.11. The van der Waals surface area contributed by atoms with Crippen molar-refractivity contribution in [3.8, 4) is 11.1 Å². The molecule has 0 aliphatic rings. The lowest BCUT2D eigenvalue weighted by Gasteiger charge is -2.20. The van der Waals surface area contributed by atoms with Crippen LogP contribution in [0.3, 0.4) is 0 Å². The fourth-order valence-electron chi connectivity index (χ4n) is 4.24. The van der Waals surface area contributed by atoms with Crippen LogP contribution in [0.25, 0.3) is 16.8 Å². The number of fused-ring (bicyclic) bond motifs is 1. The Morgan fingerprint density at radius 3 is 2.12 bits per heavy atom. The monoisotopic (exact) mass is 468 g/mol. The summed E-state index contributed by atoms with van der Waals surface area (Å²) in [5.41, 5.74) is 5.06. The predicted octanol–water partition coefficient (Wildman–Crippen LogP) is 8.60. The Hall–Kier alpha value is -2.07. The van der Waals surface area contributed by atoms with Gasteiger partial charge in [0.2, 0.25) is 0 Å². The van der Waals surface area contributed by atoms with Gasteiger partial charge >= 0.3 is 0 Å². The van der Waals surface area contributed by atoms with Gasteiger partial charge in [-0.3, -0.25) is 0 Å². The number of halogens is 1. The van der Waals surface area contributed by atoms with Crippen molar-refractivity contribution < 1.29 is 0 Å². The predicted molar refractivity (Wildman–Crippen MR) is 143 cm³/mol. The number of benzene rings is 1. The smallest absolute Gasteiger partial charge is 0.165 e. The van der Waals surface area contributed by atoms with E-state index in [0.717, 1.165) is 45.5 Å². The molecule has 0 saturated heterocycles. The van der Waals surface area contributed by atoms with E-state index in [1.54, 1.807) is 0 Å². The Morgan fingerprint density at radius 2 is 1.52 bits per heavy atom. The van der Waals surface area contributed by atoms with Gasteiger partial charge in [-0.2, -0.15) is 9.61 Å². The number of aromatic nitrogens is 3. The second-order valence-corrected chi connectivity index (χ2v) is 10.7. The van der Waals surface area contributed by atoms with Gasteiger partial charge in [0.05, 0.1) is 11.4 Å². The molecule has 4 nitrogen and oxygen atoms in total. The van der Waals surface area contributed by atoms with E-state index in [2.05, 4.69) is 46.0 Å². The number of unbranched alkanes of at least 4 members (excludes halogenated alkanes) is 8. The molecule has 0 aliphatic carbocycles. The van der Waals surface area contributed by atoms with Crippen LogP contribution in [0, 0.1) is 6.92 Å². The van der Waals surface area contributed by atoms with Crippen molar-refractivity contribution in [3.63, 3.8) is 0 Å².